The second kappa shape index (κ2) is 5.27. The van der Waals surface area contributed by atoms with Crippen LogP contribution in [0.15, 0.2) is 12.1 Å². The molecule has 2 unspecified atom stereocenters. The topological polar surface area (TPSA) is 45.1 Å². The van der Waals surface area contributed by atoms with Crippen molar-refractivity contribution in [2.24, 2.45) is 0 Å². The molecule has 0 amide bonds. The summed E-state index contributed by atoms with van der Waals surface area (Å²) >= 11 is 0. The Hall–Kier alpha value is -1.09. The van der Waals surface area contributed by atoms with Gasteiger partial charge in [-0.25, -0.2) is 4.98 Å². The summed E-state index contributed by atoms with van der Waals surface area (Å²) in [6.07, 6.45) is 8.87. The Balaban J connectivity index is 1.71. The van der Waals surface area contributed by atoms with Gasteiger partial charge < -0.3 is 10.4 Å². The lowest BCUT2D eigenvalue weighted by Gasteiger charge is -2.22. The first-order valence-electron chi connectivity index (χ1n) is 7.26. The van der Waals surface area contributed by atoms with Gasteiger partial charge in [-0.1, -0.05) is 25.3 Å². The molecule has 3 nitrogen and oxygen atoms in total. The highest BCUT2D eigenvalue weighted by Gasteiger charge is 2.22. The van der Waals surface area contributed by atoms with Crippen molar-refractivity contribution in [1.82, 2.24) is 4.98 Å². The van der Waals surface area contributed by atoms with Crippen molar-refractivity contribution in [2.75, 3.05) is 5.32 Å². The number of pyridine rings is 1. The van der Waals surface area contributed by atoms with Crippen molar-refractivity contribution >= 4 is 5.82 Å². The molecule has 1 fully saturated rings. The van der Waals surface area contributed by atoms with Crippen LogP contribution in [0.3, 0.4) is 0 Å². The van der Waals surface area contributed by atoms with Gasteiger partial charge in [0.05, 0.1) is 12.1 Å². The third kappa shape index (κ3) is 2.51. The van der Waals surface area contributed by atoms with Gasteiger partial charge in [0.1, 0.15) is 5.82 Å². The number of fused-ring (bicyclic) bond motifs is 1. The number of rotatable bonds is 2. The summed E-state index contributed by atoms with van der Waals surface area (Å²) in [6.45, 7) is 0. The van der Waals surface area contributed by atoms with Gasteiger partial charge in [0.15, 0.2) is 0 Å². The zero-order chi connectivity index (χ0) is 12.4. The van der Waals surface area contributed by atoms with Crippen LogP contribution in [0.4, 0.5) is 5.82 Å². The van der Waals surface area contributed by atoms with E-state index in [1.165, 1.54) is 36.9 Å². The normalized spacial score (nSPS) is 27.6. The number of aryl methyl sites for hydroxylation is 2. The van der Waals surface area contributed by atoms with Crippen molar-refractivity contribution < 1.29 is 5.11 Å². The summed E-state index contributed by atoms with van der Waals surface area (Å²) in [5.74, 6) is 0.946. The lowest BCUT2D eigenvalue weighted by atomic mass is 10.1. The Morgan fingerprint density at radius 2 is 1.94 bits per heavy atom. The van der Waals surface area contributed by atoms with Gasteiger partial charge in [-0.15, -0.1) is 0 Å². The van der Waals surface area contributed by atoms with Gasteiger partial charge >= 0.3 is 0 Å². The number of aromatic nitrogens is 1. The third-order valence-corrected chi connectivity index (χ3v) is 4.24. The van der Waals surface area contributed by atoms with E-state index in [1.54, 1.807) is 0 Å². The van der Waals surface area contributed by atoms with E-state index < -0.39 is 0 Å². The summed E-state index contributed by atoms with van der Waals surface area (Å²) in [5.41, 5.74) is 2.66. The molecule has 98 valence electrons. The predicted molar refractivity (Wildman–Crippen MR) is 72.8 cm³/mol. The van der Waals surface area contributed by atoms with Crippen LogP contribution >= 0.6 is 0 Å². The summed E-state index contributed by atoms with van der Waals surface area (Å²) in [5, 5.41) is 13.6. The standard InChI is InChI=1S/C15H22N2O/c18-14-8-3-1-2-6-13(14)17-15-10-9-11-5-4-7-12(11)16-15/h9-10,13-14,18H,1-8H2,(H,16,17). The second-order valence-corrected chi connectivity index (χ2v) is 5.61. The molecular formula is C15H22N2O. The van der Waals surface area contributed by atoms with Gasteiger partial charge in [-0.05, 0) is 43.7 Å². The predicted octanol–water partition coefficient (Wildman–Crippen LogP) is 2.68. The highest BCUT2D eigenvalue weighted by atomic mass is 16.3. The summed E-state index contributed by atoms with van der Waals surface area (Å²) in [7, 11) is 0. The molecule has 0 spiro atoms. The van der Waals surface area contributed by atoms with Crippen molar-refractivity contribution in [3.8, 4) is 0 Å². The lowest BCUT2D eigenvalue weighted by molar-refractivity contribution is 0.144. The van der Waals surface area contributed by atoms with Crippen LogP contribution in [0.2, 0.25) is 0 Å². The molecule has 0 aromatic carbocycles. The van der Waals surface area contributed by atoms with Crippen LogP contribution in [0.1, 0.15) is 49.8 Å². The minimum absolute atomic E-state index is 0.180. The van der Waals surface area contributed by atoms with Crippen LogP contribution in [-0.2, 0) is 12.8 Å². The van der Waals surface area contributed by atoms with Crippen molar-refractivity contribution in [3.05, 3.63) is 23.4 Å². The first kappa shape index (κ1) is 12.0. The van der Waals surface area contributed by atoms with Gasteiger partial charge in [-0.3, -0.25) is 0 Å². The Morgan fingerprint density at radius 1 is 1.06 bits per heavy atom. The largest absolute Gasteiger partial charge is 0.391 e. The van der Waals surface area contributed by atoms with Crippen LogP contribution in [-0.4, -0.2) is 22.2 Å². The number of aliphatic hydroxyl groups excluding tert-OH is 1. The number of hydrogen-bond acceptors (Lipinski definition) is 3. The molecule has 1 saturated carbocycles. The fraction of sp³-hybridized carbons (Fsp3) is 0.667. The highest BCUT2D eigenvalue weighted by Crippen LogP contribution is 2.24. The van der Waals surface area contributed by atoms with Crippen molar-refractivity contribution in [2.45, 2.75) is 63.5 Å². The monoisotopic (exact) mass is 246 g/mol. The molecular weight excluding hydrogens is 224 g/mol. The van der Waals surface area contributed by atoms with E-state index in [-0.39, 0.29) is 12.1 Å². The van der Waals surface area contributed by atoms with E-state index in [0.717, 1.165) is 31.5 Å². The molecule has 1 heterocycles. The van der Waals surface area contributed by atoms with E-state index in [9.17, 15) is 5.11 Å². The number of anilines is 1. The highest BCUT2D eigenvalue weighted by molar-refractivity contribution is 5.41. The zero-order valence-corrected chi connectivity index (χ0v) is 10.9. The van der Waals surface area contributed by atoms with Gasteiger partial charge in [-0.2, -0.15) is 0 Å². The SMILES string of the molecule is OC1CCCCCC1Nc1ccc2c(n1)CCC2. The van der Waals surface area contributed by atoms with Crippen LogP contribution in [0.5, 0.6) is 0 Å². The summed E-state index contributed by atoms with van der Waals surface area (Å²) in [6, 6.07) is 4.45. The number of nitrogens with one attached hydrogen (secondary N) is 1. The molecule has 2 aliphatic rings. The smallest absolute Gasteiger partial charge is 0.126 e. The molecule has 2 N–H and O–H groups in total. The molecule has 0 saturated heterocycles. The molecule has 3 rings (SSSR count). The maximum Gasteiger partial charge on any atom is 0.126 e. The Bertz CT molecular complexity index is 419. The second-order valence-electron chi connectivity index (χ2n) is 5.61. The van der Waals surface area contributed by atoms with Crippen molar-refractivity contribution in [1.29, 1.82) is 0 Å². The molecule has 18 heavy (non-hydrogen) atoms. The Labute approximate surface area is 109 Å². The molecule has 2 aliphatic carbocycles. The maximum absolute atomic E-state index is 10.1. The average Bonchev–Trinajstić information content (AvgIpc) is 2.75. The summed E-state index contributed by atoms with van der Waals surface area (Å²) < 4.78 is 0. The quantitative estimate of drug-likeness (QED) is 0.789. The molecule has 1 aromatic rings. The first-order valence-corrected chi connectivity index (χ1v) is 7.26. The molecule has 0 radical (unpaired) electrons. The Morgan fingerprint density at radius 3 is 2.89 bits per heavy atom. The fourth-order valence-electron chi connectivity index (χ4n) is 3.15. The number of aliphatic hydroxyl groups is 1. The minimum atomic E-state index is -0.220. The van der Waals surface area contributed by atoms with E-state index in [1.807, 2.05) is 0 Å². The average molecular weight is 246 g/mol. The number of nitrogens with zero attached hydrogens (tertiary/aromatic N) is 1. The van der Waals surface area contributed by atoms with E-state index in [4.69, 9.17) is 4.98 Å². The van der Waals surface area contributed by atoms with E-state index >= 15 is 0 Å². The lowest BCUT2D eigenvalue weighted by Crippen LogP contribution is -2.32. The van der Waals surface area contributed by atoms with E-state index in [2.05, 4.69) is 17.4 Å². The third-order valence-electron chi connectivity index (χ3n) is 4.24. The van der Waals surface area contributed by atoms with Gasteiger partial charge in [0.2, 0.25) is 0 Å². The molecule has 0 aliphatic heterocycles. The van der Waals surface area contributed by atoms with Gasteiger partial charge in [0.25, 0.3) is 0 Å². The number of hydrogen-bond donors (Lipinski definition) is 2. The molecule has 1 aromatic heterocycles. The molecule has 0 bridgehead atoms. The molecule has 2 atom stereocenters. The van der Waals surface area contributed by atoms with Crippen molar-refractivity contribution in [3.63, 3.8) is 0 Å². The maximum atomic E-state index is 10.1. The zero-order valence-electron chi connectivity index (χ0n) is 10.9. The van der Waals surface area contributed by atoms with Crippen LogP contribution in [0.25, 0.3) is 0 Å². The van der Waals surface area contributed by atoms with Crippen LogP contribution < -0.4 is 5.32 Å². The Kier molecular flexibility index (Phi) is 3.50. The fourth-order valence-corrected chi connectivity index (χ4v) is 3.15. The minimum Gasteiger partial charge on any atom is -0.391 e. The first-order chi connectivity index (χ1) is 8.83. The van der Waals surface area contributed by atoms with Crippen LogP contribution in [0, 0.1) is 0 Å². The molecule has 3 heteroatoms. The van der Waals surface area contributed by atoms with Gasteiger partial charge in [0, 0.05) is 5.69 Å². The van der Waals surface area contributed by atoms with E-state index in [0.29, 0.717) is 0 Å². The summed E-state index contributed by atoms with van der Waals surface area (Å²) in [4.78, 5) is 4.69.